The fraction of sp³-hybridized carbons (Fsp3) is 0.375. The molecule has 1 saturated carbocycles. The highest BCUT2D eigenvalue weighted by atomic mass is 19.1. The summed E-state index contributed by atoms with van der Waals surface area (Å²) in [6, 6.07) is 1.42. The highest BCUT2D eigenvalue weighted by Gasteiger charge is 2.29. The Hall–Kier alpha value is -2.21. The molecule has 0 amide bonds. The molecule has 1 fully saturated rings. The number of aromatic nitrogens is 1. The second-order valence-electron chi connectivity index (χ2n) is 5.95. The van der Waals surface area contributed by atoms with Gasteiger partial charge in [0.2, 0.25) is 5.43 Å². The maximum atomic E-state index is 14.3. The second-order valence-corrected chi connectivity index (χ2v) is 5.95. The van der Waals surface area contributed by atoms with Crippen molar-refractivity contribution in [3.05, 3.63) is 45.0 Å². The molecule has 1 aliphatic carbocycles. The maximum absolute atomic E-state index is 14.3. The van der Waals surface area contributed by atoms with Gasteiger partial charge in [0, 0.05) is 29.7 Å². The molecule has 2 aromatic rings. The number of benzene rings is 1. The first-order chi connectivity index (χ1) is 10.6. The van der Waals surface area contributed by atoms with Gasteiger partial charge in [-0.15, -0.1) is 0 Å². The lowest BCUT2D eigenvalue weighted by atomic mass is 9.95. The van der Waals surface area contributed by atoms with Crippen LogP contribution in [0.3, 0.4) is 0 Å². The Morgan fingerprint density at radius 2 is 2.14 bits per heavy atom. The van der Waals surface area contributed by atoms with E-state index in [1.54, 1.807) is 0 Å². The van der Waals surface area contributed by atoms with Gasteiger partial charge in [-0.1, -0.05) is 0 Å². The minimum Gasteiger partial charge on any atom is -0.477 e. The van der Waals surface area contributed by atoms with E-state index in [4.69, 9.17) is 0 Å². The van der Waals surface area contributed by atoms with Crippen LogP contribution in [0.1, 0.15) is 40.4 Å². The van der Waals surface area contributed by atoms with E-state index in [1.165, 1.54) is 12.3 Å². The summed E-state index contributed by atoms with van der Waals surface area (Å²) >= 11 is 0. The summed E-state index contributed by atoms with van der Waals surface area (Å²) in [6.45, 7) is 1.17. The SMILES string of the molecule is O=C(O)c1cn(C2CC2)c2c3c(c(F)cc2c1=O)CNCC3. The number of pyridine rings is 1. The van der Waals surface area contributed by atoms with Crippen molar-refractivity contribution in [1.29, 1.82) is 0 Å². The van der Waals surface area contributed by atoms with Gasteiger partial charge in [-0.25, -0.2) is 9.18 Å². The van der Waals surface area contributed by atoms with Crippen molar-refractivity contribution in [3.8, 4) is 0 Å². The molecule has 4 rings (SSSR count). The van der Waals surface area contributed by atoms with Crippen molar-refractivity contribution in [3.63, 3.8) is 0 Å². The van der Waals surface area contributed by atoms with Crippen LogP contribution in [-0.4, -0.2) is 22.2 Å². The van der Waals surface area contributed by atoms with Crippen molar-refractivity contribution in [1.82, 2.24) is 9.88 Å². The molecule has 2 N–H and O–H groups in total. The molecule has 1 aromatic carbocycles. The first kappa shape index (κ1) is 13.5. The summed E-state index contributed by atoms with van der Waals surface area (Å²) in [5.74, 6) is -1.70. The van der Waals surface area contributed by atoms with Crippen molar-refractivity contribution in [2.45, 2.75) is 31.8 Å². The molecule has 5 nitrogen and oxygen atoms in total. The maximum Gasteiger partial charge on any atom is 0.341 e. The van der Waals surface area contributed by atoms with Gasteiger partial charge in [-0.2, -0.15) is 0 Å². The third kappa shape index (κ3) is 1.87. The predicted octanol–water partition coefficient (Wildman–Crippen LogP) is 1.82. The number of aromatic carboxylic acids is 1. The Morgan fingerprint density at radius 1 is 1.36 bits per heavy atom. The van der Waals surface area contributed by atoms with Gasteiger partial charge in [0.15, 0.2) is 0 Å². The fourth-order valence-corrected chi connectivity index (χ4v) is 3.29. The third-order valence-electron chi connectivity index (χ3n) is 4.50. The van der Waals surface area contributed by atoms with Crippen LogP contribution in [0.25, 0.3) is 10.9 Å². The third-order valence-corrected chi connectivity index (χ3v) is 4.50. The van der Waals surface area contributed by atoms with Gasteiger partial charge in [0.25, 0.3) is 0 Å². The predicted molar refractivity (Wildman–Crippen MR) is 78.8 cm³/mol. The van der Waals surface area contributed by atoms with Gasteiger partial charge < -0.3 is 15.0 Å². The lowest BCUT2D eigenvalue weighted by Crippen LogP contribution is -2.27. The molecule has 0 unspecified atom stereocenters. The molecule has 22 heavy (non-hydrogen) atoms. The number of nitrogens with zero attached hydrogens (tertiary/aromatic N) is 1. The van der Waals surface area contributed by atoms with Gasteiger partial charge in [0.1, 0.15) is 11.4 Å². The Labute approximate surface area is 125 Å². The van der Waals surface area contributed by atoms with E-state index < -0.39 is 17.2 Å². The zero-order chi connectivity index (χ0) is 15.4. The molecule has 0 saturated heterocycles. The van der Waals surface area contributed by atoms with Crippen LogP contribution in [0.5, 0.6) is 0 Å². The Balaban J connectivity index is 2.16. The highest BCUT2D eigenvalue weighted by Crippen LogP contribution is 2.39. The van der Waals surface area contributed by atoms with Crippen molar-refractivity contribution >= 4 is 16.9 Å². The Kier molecular flexibility index (Phi) is 2.84. The number of hydrogen-bond donors (Lipinski definition) is 2. The van der Waals surface area contributed by atoms with Crippen molar-refractivity contribution in [2.24, 2.45) is 0 Å². The number of fused-ring (bicyclic) bond motifs is 3. The molecular weight excluding hydrogens is 287 g/mol. The van der Waals surface area contributed by atoms with Gasteiger partial charge in [-0.3, -0.25) is 4.79 Å². The highest BCUT2D eigenvalue weighted by molar-refractivity contribution is 5.94. The van der Waals surface area contributed by atoms with Crippen LogP contribution >= 0.6 is 0 Å². The zero-order valence-electron chi connectivity index (χ0n) is 11.9. The standard InChI is InChI=1S/C16H15FN2O3/c17-13-5-10-14(9-3-4-18-6-11(9)13)19(8-1-2-8)7-12(15(10)20)16(21)22/h5,7-8,18H,1-4,6H2,(H,21,22). The van der Waals surface area contributed by atoms with Crippen molar-refractivity contribution < 1.29 is 14.3 Å². The molecule has 2 aliphatic rings. The summed E-state index contributed by atoms with van der Waals surface area (Å²) in [5.41, 5.74) is 1.27. The van der Waals surface area contributed by atoms with E-state index in [9.17, 15) is 19.1 Å². The largest absolute Gasteiger partial charge is 0.477 e. The number of nitrogens with one attached hydrogen (secondary N) is 1. The van der Waals surface area contributed by atoms with E-state index in [-0.39, 0.29) is 17.0 Å². The van der Waals surface area contributed by atoms with E-state index in [0.717, 1.165) is 30.5 Å². The lowest BCUT2D eigenvalue weighted by Gasteiger charge is -2.22. The van der Waals surface area contributed by atoms with Crippen LogP contribution in [-0.2, 0) is 13.0 Å². The average molecular weight is 302 g/mol. The summed E-state index contributed by atoms with van der Waals surface area (Å²) in [5, 5.41) is 12.6. The fourth-order valence-electron chi connectivity index (χ4n) is 3.29. The average Bonchev–Trinajstić information content (AvgIpc) is 3.33. The molecule has 2 heterocycles. The van der Waals surface area contributed by atoms with Crippen LogP contribution < -0.4 is 10.7 Å². The van der Waals surface area contributed by atoms with E-state index in [1.807, 2.05) is 4.57 Å². The van der Waals surface area contributed by atoms with E-state index >= 15 is 0 Å². The zero-order valence-corrected chi connectivity index (χ0v) is 11.9. The van der Waals surface area contributed by atoms with Crippen LogP contribution in [0, 0.1) is 5.82 Å². The topological polar surface area (TPSA) is 71.3 Å². The van der Waals surface area contributed by atoms with E-state index in [0.29, 0.717) is 18.5 Å². The summed E-state index contributed by atoms with van der Waals surface area (Å²) in [6.07, 6.45) is 4.00. The summed E-state index contributed by atoms with van der Waals surface area (Å²) in [7, 11) is 0. The molecule has 114 valence electrons. The number of carboxylic acid groups (broad SMARTS) is 1. The molecular formula is C16H15FN2O3. The van der Waals surface area contributed by atoms with Crippen LogP contribution in [0.15, 0.2) is 17.1 Å². The first-order valence-electron chi connectivity index (χ1n) is 7.41. The lowest BCUT2D eigenvalue weighted by molar-refractivity contribution is 0.0695. The van der Waals surface area contributed by atoms with Gasteiger partial charge in [0.05, 0.1) is 5.52 Å². The van der Waals surface area contributed by atoms with Gasteiger partial charge in [-0.05, 0) is 37.4 Å². The molecule has 0 spiro atoms. The normalized spacial score (nSPS) is 17.5. The molecule has 0 bridgehead atoms. The molecule has 1 aliphatic heterocycles. The number of rotatable bonds is 2. The number of hydrogen-bond acceptors (Lipinski definition) is 3. The number of carbonyl (C=O) groups is 1. The molecule has 6 heteroatoms. The molecule has 1 aromatic heterocycles. The molecule has 0 atom stereocenters. The monoisotopic (exact) mass is 302 g/mol. The van der Waals surface area contributed by atoms with Crippen LogP contribution in [0.4, 0.5) is 4.39 Å². The first-order valence-corrected chi connectivity index (χ1v) is 7.41. The van der Waals surface area contributed by atoms with Crippen molar-refractivity contribution in [2.75, 3.05) is 6.54 Å². The quantitative estimate of drug-likeness (QED) is 0.887. The van der Waals surface area contributed by atoms with Crippen LogP contribution in [0.2, 0.25) is 0 Å². The minimum absolute atomic E-state index is 0.185. The summed E-state index contributed by atoms with van der Waals surface area (Å²) in [4.78, 5) is 23.7. The Morgan fingerprint density at radius 3 is 2.82 bits per heavy atom. The summed E-state index contributed by atoms with van der Waals surface area (Å²) < 4.78 is 16.2. The number of carboxylic acids is 1. The smallest absolute Gasteiger partial charge is 0.341 e. The molecule has 0 radical (unpaired) electrons. The van der Waals surface area contributed by atoms with Gasteiger partial charge >= 0.3 is 5.97 Å². The minimum atomic E-state index is -1.26. The number of halogens is 1. The Bertz CT molecular complexity index is 868. The second kappa shape index (κ2) is 4.64. The van der Waals surface area contributed by atoms with E-state index in [2.05, 4.69) is 5.32 Å².